The standard InChI is InChI=1S/C15H19N3O3/c1-11(2)8-18(10-14(19)20)9-13-16-15(17-21-13)12-6-4-3-5-7-12/h3-7,11H,8-10H2,1-2H3,(H,19,20). The number of hydrogen-bond acceptors (Lipinski definition) is 5. The van der Waals surface area contributed by atoms with Crippen molar-refractivity contribution < 1.29 is 14.4 Å². The molecule has 112 valence electrons. The van der Waals surface area contributed by atoms with Gasteiger partial charge < -0.3 is 9.63 Å². The second-order valence-electron chi connectivity index (χ2n) is 5.33. The van der Waals surface area contributed by atoms with E-state index in [1.807, 2.05) is 44.2 Å². The highest BCUT2D eigenvalue weighted by molar-refractivity contribution is 5.69. The Bertz CT molecular complexity index is 581. The zero-order chi connectivity index (χ0) is 15.2. The van der Waals surface area contributed by atoms with Gasteiger partial charge in [0.2, 0.25) is 11.7 Å². The molecule has 0 aliphatic heterocycles. The summed E-state index contributed by atoms with van der Waals surface area (Å²) in [7, 11) is 0. The molecule has 2 rings (SSSR count). The number of carboxylic acids is 1. The SMILES string of the molecule is CC(C)CN(CC(=O)O)Cc1nc(-c2ccccc2)no1. The van der Waals surface area contributed by atoms with Gasteiger partial charge in [-0.05, 0) is 5.92 Å². The normalized spacial score (nSPS) is 11.2. The molecule has 0 saturated heterocycles. The van der Waals surface area contributed by atoms with E-state index in [4.69, 9.17) is 9.63 Å². The molecule has 0 unspecified atom stereocenters. The second kappa shape index (κ2) is 6.99. The van der Waals surface area contributed by atoms with E-state index in [1.54, 1.807) is 4.90 Å². The number of carbonyl (C=O) groups is 1. The van der Waals surface area contributed by atoms with Gasteiger partial charge in [-0.25, -0.2) is 0 Å². The molecular weight excluding hydrogens is 270 g/mol. The third kappa shape index (κ3) is 4.68. The first-order valence-corrected chi connectivity index (χ1v) is 6.86. The van der Waals surface area contributed by atoms with Crippen molar-refractivity contribution in [2.75, 3.05) is 13.1 Å². The summed E-state index contributed by atoms with van der Waals surface area (Å²) in [5, 5.41) is 12.9. The number of aliphatic carboxylic acids is 1. The molecule has 1 N–H and O–H groups in total. The Labute approximate surface area is 123 Å². The summed E-state index contributed by atoms with van der Waals surface area (Å²) in [6.07, 6.45) is 0. The Kier molecular flexibility index (Phi) is 5.05. The molecule has 0 amide bonds. The van der Waals surface area contributed by atoms with Crippen LogP contribution in [0.25, 0.3) is 11.4 Å². The molecule has 21 heavy (non-hydrogen) atoms. The van der Waals surface area contributed by atoms with Crippen LogP contribution in [0, 0.1) is 5.92 Å². The smallest absolute Gasteiger partial charge is 0.317 e. The lowest BCUT2D eigenvalue weighted by Gasteiger charge is -2.20. The van der Waals surface area contributed by atoms with E-state index in [0.29, 0.717) is 30.7 Å². The fourth-order valence-corrected chi connectivity index (χ4v) is 2.11. The molecule has 1 aromatic heterocycles. The Hall–Kier alpha value is -2.21. The zero-order valence-corrected chi connectivity index (χ0v) is 12.2. The Morgan fingerprint density at radius 1 is 1.33 bits per heavy atom. The quantitative estimate of drug-likeness (QED) is 0.842. The van der Waals surface area contributed by atoms with Crippen LogP contribution < -0.4 is 0 Å². The first-order chi connectivity index (χ1) is 10.0. The first kappa shape index (κ1) is 15.2. The van der Waals surface area contributed by atoms with Gasteiger partial charge in [0.25, 0.3) is 0 Å². The summed E-state index contributed by atoms with van der Waals surface area (Å²) in [5.74, 6) is 0.445. The van der Waals surface area contributed by atoms with E-state index in [9.17, 15) is 4.79 Å². The fourth-order valence-electron chi connectivity index (χ4n) is 2.11. The average molecular weight is 289 g/mol. The Morgan fingerprint density at radius 3 is 2.67 bits per heavy atom. The minimum Gasteiger partial charge on any atom is -0.480 e. The van der Waals surface area contributed by atoms with Gasteiger partial charge in [-0.1, -0.05) is 49.3 Å². The van der Waals surface area contributed by atoms with Crippen molar-refractivity contribution in [3.05, 3.63) is 36.2 Å². The van der Waals surface area contributed by atoms with Crippen LogP contribution in [0.5, 0.6) is 0 Å². The zero-order valence-electron chi connectivity index (χ0n) is 12.2. The summed E-state index contributed by atoms with van der Waals surface area (Å²) in [6, 6.07) is 9.53. The molecule has 1 aromatic carbocycles. The lowest BCUT2D eigenvalue weighted by atomic mass is 10.2. The van der Waals surface area contributed by atoms with E-state index in [-0.39, 0.29) is 6.54 Å². The highest BCUT2D eigenvalue weighted by atomic mass is 16.5. The summed E-state index contributed by atoms with van der Waals surface area (Å²) in [4.78, 5) is 17.0. The van der Waals surface area contributed by atoms with Crippen LogP contribution in [0.3, 0.4) is 0 Å². The van der Waals surface area contributed by atoms with Gasteiger partial charge in [0.1, 0.15) is 0 Å². The maximum absolute atomic E-state index is 10.9. The van der Waals surface area contributed by atoms with Crippen molar-refractivity contribution in [2.24, 2.45) is 5.92 Å². The van der Waals surface area contributed by atoms with Crippen LogP contribution in [-0.4, -0.2) is 39.2 Å². The molecule has 6 nitrogen and oxygen atoms in total. The molecule has 0 aliphatic carbocycles. The van der Waals surface area contributed by atoms with Gasteiger partial charge in [0.15, 0.2) is 0 Å². The van der Waals surface area contributed by atoms with Crippen molar-refractivity contribution >= 4 is 5.97 Å². The molecule has 0 bridgehead atoms. The van der Waals surface area contributed by atoms with Gasteiger partial charge in [-0.15, -0.1) is 0 Å². The molecule has 0 atom stereocenters. The van der Waals surface area contributed by atoms with Gasteiger partial charge in [0, 0.05) is 12.1 Å². The number of benzene rings is 1. The van der Waals surface area contributed by atoms with Gasteiger partial charge >= 0.3 is 5.97 Å². The van der Waals surface area contributed by atoms with Gasteiger partial charge in [-0.3, -0.25) is 9.69 Å². The molecule has 0 saturated carbocycles. The predicted octanol–water partition coefficient (Wildman–Crippen LogP) is 2.28. The van der Waals surface area contributed by atoms with Crippen LogP contribution in [0.4, 0.5) is 0 Å². The summed E-state index contributed by atoms with van der Waals surface area (Å²) < 4.78 is 5.22. The Balaban J connectivity index is 2.07. The third-order valence-electron chi connectivity index (χ3n) is 2.84. The lowest BCUT2D eigenvalue weighted by Crippen LogP contribution is -2.32. The maximum Gasteiger partial charge on any atom is 0.317 e. The van der Waals surface area contributed by atoms with Gasteiger partial charge in [-0.2, -0.15) is 4.98 Å². The molecule has 0 aliphatic rings. The van der Waals surface area contributed by atoms with E-state index < -0.39 is 5.97 Å². The summed E-state index contributed by atoms with van der Waals surface area (Å²) >= 11 is 0. The number of nitrogens with zero attached hydrogens (tertiary/aromatic N) is 3. The molecule has 0 spiro atoms. The third-order valence-corrected chi connectivity index (χ3v) is 2.84. The van der Waals surface area contributed by atoms with E-state index in [1.165, 1.54) is 0 Å². The van der Waals surface area contributed by atoms with E-state index in [2.05, 4.69) is 10.1 Å². The van der Waals surface area contributed by atoms with Crippen LogP contribution >= 0.6 is 0 Å². The topological polar surface area (TPSA) is 79.5 Å². The van der Waals surface area contributed by atoms with E-state index in [0.717, 1.165) is 5.56 Å². The van der Waals surface area contributed by atoms with Crippen molar-refractivity contribution in [1.82, 2.24) is 15.0 Å². The van der Waals surface area contributed by atoms with E-state index >= 15 is 0 Å². The number of rotatable bonds is 7. The maximum atomic E-state index is 10.9. The number of aromatic nitrogens is 2. The molecule has 0 fully saturated rings. The monoisotopic (exact) mass is 289 g/mol. The fraction of sp³-hybridized carbons (Fsp3) is 0.400. The van der Waals surface area contributed by atoms with Crippen LogP contribution in [0.15, 0.2) is 34.9 Å². The average Bonchev–Trinajstić information content (AvgIpc) is 2.86. The lowest BCUT2D eigenvalue weighted by molar-refractivity contribution is -0.138. The number of hydrogen-bond donors (Lipinski definition) is 1. The minimum atomic E-state index is -0.863. The van der Waals surface area contributed by atoms with Crippen LogP contribution in [0.2, 0.25) is 0 Å². The summed E-state index contributed by atoms with van der Waals surface area (Å²) in [5.41, 5.74) is 0.876. The summed E-state index contributed by atoms with van der Waals surface area (Å²) in [6.45, 7) is 5.04. The van der Waals surface area contributed by atoms with Gasteiger partial charge in [0.05, 0.1) is 13.1 Å². The minimum absolute atomic E-state index is 0.0404. The second-order valence-corrected chi connectivity index (χ2v) is 5.33. The van der Waals surface area contributed by atoms with Crippen molar-refractivity contribution in [2.45, 2.75) is 20.4 Å². The highest BCUT2D eigenvalue weighted by Gasteiger charge is 2.16. The molecule has 0 radical (unpaired) electrons. The largest absolute Gasteiger partial charge is 0.480 e. The molecule has 2 aromatic rings. The highest BCUT2D eigenvalue weighted by Crippen LogP contribution is 2.15. The number of carboxylic acid groups (broad SMARTS) is 1. The van der Waals surface area contributed by atoms with Crippen LogP contribution in [-0.2, 0) is 11.3 Å². The first-order valence-electron chi connectivity index (χ1n) is 6.86. The molecular formula is C15H19N3O3. The van der Waals surface area contributed by atoms with Crippen molar-refractivity contribution in [3.63, 3.8) is 0 Å². The van der Waals surface area contributed by atoms with Crippen molar-refractivity contribution in [1.29, 1.82) is 0 Å². The molecule has 1 heterocycles. The molecule has 6 heteroatoms. The van der Waals surface area contributed by atoms with Crippen LogP contribution in [0.1, 0.15) is 19.7 Å². The Morgan fingerprint density at radius 2 is 2.05 bits per heavy atom. The predicted molar refractivity (Wildman–Crippen MR) is 77.5 cm³/mol. The van der Waals surface area contributed by atoms with Crippen molar-refractivity contribution in [3.8, 4) is 11.4 Å².